The maximum atomic E-state index is 13.2. The summed E-state index contributed by atoms with van der Waals surface area (Å²) < 4.78 is 37.5. The van der Waals surface area contributed by atoms with Crippen molar-refractivity contribution < 1.29 is 22.8 Å². The van der Waals surface area contributed by atoms with Crippen LogP contribution in [0.25, 0.3) is 10.4 Å². The van der Waals surface area contributed by atoms with Crippen LogP contribution in [-0.4, -0.2) is 42.0 Å². The number of carbonyl (C=O) groups is 2. The summed E-state index contributed by atoms with van der Waals surface area (Å²) in [6.07, 6.45) is -4.02. The van der Waals surface area contributed by atoms with Crippen LogP contribution in [0, 0.1) is 18.8 Å². The van der Waals surface area contributed by atoms with Crippen LogP contribution < -0.4 is 5.32 Å². The van der Waals surface area contributed by atoms with Crippen LogP contribution in [0.4, 0.5) is 13.2 Å². The van der Waals surface area contributed by atoms with Gasteiger partial charge in [0, 0.05) is 18.0 Å². The molecule has 1 unspecified atom stereocenters. The summed E-state index contributed by atoms with van der Waals surface area (Å²) in [6.45, 7) is 2.33. The SMILES string of the molecule is Cc1cccc(-c2sccc2C(=O)N2C[C@@H]3CC3[C@H]2CNC(=O)C(F)(F)F)c1. The van der Waals surface area contributed by atoms with Gasteiger partial charge in [0.2, 0.25) is 0 Å². The average Bonchev–Trinajstić information content (AvgIpc) is 3.09. The van der Waals surface area contributed by atoms with Crippen molar-refractivity contribution in [1.82, 2.24) is 10.2 Å². The van der Waals surface area contributed by atoms with E-state index in [9.17, 15) is 22.8 Å². The number of likely N-dealkylation sites (tertiary alicyclic amines) is 1. The van der Waals surface area contributed by atoms with Crippen molar-refractivity contribution in [3.63, 3.8) is 0 Å². The van der Waals surface area contributed by atoms with Crippen LogP contribution in [0.5, 0.6) is 0 Å². The number of rotatable bonds is 4. The Labute approximate surface area is 164 Å². The highest BCUT2D eigenvalue weighted by molar-refractivity contribution is 7.14. The van der Waals surface area contributed by atoms with Crippen molar-refractivity contribution in [2.45, 2.75) is 25.6 Å². The molecule has 1 aliphatic heterocycles. The molecule has 0 bridgehead atoms. The Bertz CT molecular complexity index is 924. The molecule has 0 radical (unpaired) electrons. The lowest BCUT2D eigenvalue weighted by atomic mass is 10.1. The average molecular weight is 408 g/mol. The molecule has 3 atom stereocenters. The quantitative estimate of drug-likeness (QED) is 0.835. The standard InChI is InChI=1S/C20H19F3N2O2S/c1-11-3-2-4-12(7-11)17-14(5-6-28-17)18(26)25-10-13-8-15(13)16(25)9-24-19(27)20(21,22)23/h2-7,13,15-16H,8-10H2,1H3,(H,24,27)/t13-,15?,16+/m0/s1. The van der Waals surface area contributed by atoms with E-state index < -0.39 is 18.1 Å². The Hall–Kier alpha value is -2.35. The number of halogens is 3. The molecule has 1 saturated carbocycles. The van der Waals surface area contributed by atoms with Crippen molar-refractivity contribution in [2.24, 2.45) is 11.8 Å². The van der Waals surface area contributed by atoms with E-state index >= 15 is 0 Å². The number of fused-ring (bicyclic) bond motifs is 1. The van der Waals surface area contributed by atoms with Gasteiger partial charge < -0.3 is 10.2 Å². The zero-order valence-electron chi connectivity index (χ0n) is 15.1. The molecule has 1 aromatic heterocycles. The minimum Gasteiger partial charge on any atom is -0.346 e. The molecule has 2 fully saturated rings. The maximum Gasteiger partial charge on any atom is 0.471 e. The zero-order valence-corrected chi connectivity index (χ0v) is 15.9. The molecule has 2 aliphatic rings. The van der Waals surface area contributed by atoms with Crippen LogP contribution in [0.3, 0.4) is 0 Å². The molecule has 1 aliphatic carbocycles. The predicted molar refractivity (Wildman–Crippen MR) is 100.0 cm³/mol. The second-order valence-corrected chi connectivity index (χ2v) is 8.34. The summed E-state index contributed by atoms with van der Waals surface area (Å²) in [4.78, 5) is 26.9. The molecular weight excluding hydrogens is 389 g/mol. The van der Waals surface area contributed by atoms with E-state index in [2.05, 4.69) is 0 Å². The number of hydrogen-bond acceptors (Lipinski definition) is 3. The number of alkyl halides is 3. The monoisotopic (exact) mass is 408 g/mol. The number of amides is 2. The van der Waals surface area contributed by atoms with Crippen molar-refractivity contribution >= 4 is 23.2 Å². The highest BCUT2D eigenvalue weighted by atomic mass is 32.1. The number of nitrogens with one attached hydrogen (secondary N) is 1. The van der Waals surface area contributed by atoms with Crippen molar-refractivity contribution in [3.8, 4) is 10.4 Å². The lowest BCUT2D eigenvalue weighted by molar-refractivity contribution is -0.173. The first-order valence-electron chi connectivity index (χ1n) is 9.06. The summed E-state index contributed by atoms with van der Waals surface area (Å²) in [5, 5.41) is 3.80. The van der Waals surface area contributed by atoms with Crippen molar-refractivity contribution in [3.05, 3.63) is 46.8 Å². The predicted octanol–water partition coefficient (Wildman–Crippen LogP) is 3.86. The highest BCUT2D eigenvalue weighted by Crippen LogP contribution is 2.50. The Kier molecular flexibility index (Phi) is 4.69. The van der Waals surface area contributed by atoms with E-state index in [1.165, 1.54) is 11.3 Å². The normalized spacial score (nSPS) is 23.4. The second-order valence-electron chi connectivity index (χ2n) is 7.43. The fourth-order valence-corrected chi connectivity index (χ4v) is 4.89. The molecule has 4 rings (SSSR count). The van der Waals surface area contributed by atoms with Gasteiger partial charge in [-0.2, -0.15) is 13.2 Å². The fourth-order valence-electron chi connectivity index (χ4n) is 4.01. The first-order valence-corrected chi connectivity index (χ1v) is 9.94. The molecule has 1 aromatic carbocycles. The van der Waals surface area contributed by atoms with Crippen LogP contribution in [0.15, 0.2) is 35.7 Å². The molecule has 148 valence electrons. The van der Waals surface area contributed by atoms with Gasteiger partial charge in [0.15, 0.2) is 0 Å². The maximum absolute atomic E-state index is 13.2. The minimum absolute atomic E-state index is 0.165. The Balaban J connectivity index is 1.54. The van der Waals surface area contributed by atoms with Crippen LogP contribution >= 0.6 is 11.3 Å². The van der Waals surface area contributed by atoms with Gasteiger partial charge in [-0.1, -0.05) is 29.8 Å². The van der Waals surface area contributed by atoms with E-state index in [1.54, 1.807) is 11.0 Å². The molecule has 28 heavy (non-hydrogen) atoms. The van der Waals surface area contributed by atoms with E-state index in [4.69, 9.17) is 0 Å². The summed E-state index contributed by atoms with van der Waals surface area (Å²) in [5.74, 6) is -1.66. The summed E-state index contributed by atoms with van der Waals surface area (Å²) in [5.41, 5.74) is 2.59. The number of benzene rings is 1. The van der Waals surface area contributed by atoms with Gasteiger partial charge in [-0.3, -0.25) is 9.59 Å². The molecule has 1 saturated heterocycles. The second kappa shape index (κ2) is 6.92. The highest BCUT2D eigenvalue weighted by Gasteiger charge is 2.54. The number of hydrogen-bond donors (Lipinski definition) is 1. The molecule has 2 aromatic rings. The van der Waals surface area contributed by atoms with E-state index in [0.717, 1.165) is 22.4 Å². The summed E-state index contributed by atoms with van der Waals surface area (Å²) in [7, 11) is 0. The van der Waals surface area contributed by atoms with Crippen LogP contribution in [0.2, 0.25) is 0 Å². The summed E-state index contributed by atoms with van der Waals surface area (Å²) >= 11 is 1.47. The molecule has 8 heteroatoms. The summed E-state index contributed by atoms with van der Waals surface area (Å²) in [6, 6.07) is 9.22. The molecule has 4 nitrogen and oxygen atoms in total. The van der Waals surface area contributed by atoms with E-state index in [1.807, 2.05) is 41.9 Å². The third-order valence-electron chi connectivity index (χ3n) is 5.47. The third kappa shape index (κ3) is 3.53. The number of nitrogens with zero attached hydrogens (tertiary/aromatic N) is 1. The first-order chi connectivity index (χ1) is 13.3. The van der Waals surface area contributed by atoms with Gasteiger partial charge in [0.1, 0.15) is 0 Å². The van der Waals surface area contributed by atoms with Crippen LogP contribution in [0.1, 0.15) is 22.3 Å². The Morgan fingerprint density at radius 2 is 2.07 bits per heavy atom. The Morgan fingerprint density at radius 1 is 1.29 bits per heavy atom. The fraction of sp³-hybridized carbons (Fsp3) is 0.400. The number of piperidine rings is 1. The van der Waals surface area contributed by atoms with Crippen molar-refractivity contribution in [1.29, 1.82) is 0 Å². The number of thiophene rings is 1. The lowest BCUT2D eigenvalue weighted by Gasteiger charge is -2.28. The van der Waals surface area contributed by atoms with Gasteiger partial charge in [0.25, 0.3) is 5.91 Å². The van der Waals surface area contributed by atoms with Crippen molar-refractivity contribution in [2.75, 3.05) is 13.1 Å². The van der Waals surface area contributed by atoms with Gasteiger partial charge in [-0.15, -0.1) is 11.3 Å². The smallest absolute Gasteiger partial charge is 0.346 e. The van der Waals surface area contributed by atoms with Crippen LogP contribution in [-0.2, 0) is 4.79 Å². The minimum atomic E-state index is -4.91. The Morgan fingerprint density at radius 3 is 2.79 bits per heavy atom. The van der Waals surface area contributed by atoms with Gasteiger partial charge >= 0.3 is 12.1 Å². The van der Waals surface area contributed by atoms with E-state index in [0.29, 0.717) is 18.0 Å². The zero-order chi connectivity index (χ0) is 20.1. The largest absolute Gasteiger partial charge is 0.471 e. The van der Waals surface area contributed by atoms with Gasteiger partial charge in [0.05, 0.1) is 11.6 Å². The first kappa shape index (κ1) is 19.0. The molecule has 1 N–H and O–H groups in total. The van der Waals surface area contributed by atoms with Gasteiger partial charge in [-0.05, 0) is 42.2 Å². The molecule has 2 amide bonds. The molecular formula is C20H19F3N2O2S. The lowest BCUT2D eigenvalue weighted by Crippen LogP contribution is -2.48. The number of aryl methyl sites for hydroxylation is 1. The topological polar surface area (TPSA) is 49.4 Å². The van der Waals surface area contributed by atoms with Gasteiger partial charge in [-0.25, -0.2) is 0 Å². The third-order valence-corrected chi connectivity index (χ3v) is 6.43. The van der Waals surface area contributed by atoms with E-state index in [-0.39, 0.29) is 18.4 Å². The number of carbonyl (C=O) groups excluding carboxylic acids is 2. The molecule has 2 heterocycles. The molecule has 0 spiro atoms.